The Morgan fingerprint density at radius 1 is 1.22 bits per heavy atom. The molecular formula is C19H17BrN4O3. The number of para-hydroxylation sites is 1. The van der Waals surface area contributed by atoms with Gasteiger partial charge in [-0.2, -0.15) is 5.10 Å². The van der Waals surface area contributed by atoms with E-state index in [9.17, 15) is 9.59 Å². The van der Waals surface area contributed by atoms with Gasteiger partial charge in [-0.25, -0.2) is 0 Å². The molecule has 0 spiro atoms. The third kappa shape index (κ3) is 4.35. The maximum atomic E-state index is 12.5. The van der Waals surface area contributed by atoms with E-state index in [2.05, 4.69) is 26.3 Å². The Balaban J connectivity index is 1.72. The average molecular weight is 429 g/mol. The molecule has 0 bridgehead atoms. The normalized spacial score (nSPS) is 10.4. The standard InChI is InChI=1S/C19H17BrN4O3/c1-24-17(18(21)25)15(10-22-24)23-19(26)13-6-4-5-12(9-13)11-27-16-8-3-2-7-14(16)20/h2-10H,11H2,1H3,(H2,21,25)(H,23,26). The van der Waals surface area contributed by atoms with Crippen LogP contribution in [0.2, 0.25) is 0 Å². The maximum Gasteiger partial charge on any atom is 0.269 e. The molecule has 2 amide bonds. The molecule has 1 aromatic heterocycles. The monoisotopic (exact) mass is 428 g/mol. The van der Waals surface area contributed by atoms with E-state index in [1.165, 1.54) is 10.9 Å². The van der Waals surface area contributed by atoms with Crippen molar-refractivity contribution in [2.24, 2.45) is 12.8 Å². The highest BCUT2D eigenvalue weighted by Gasteiger charge is 2.17. The van der Waals surface area contributed by atoms with Crippen LogP contribution in [0, 0.1) is 0 Å². The quantitative estimate of drug-likeness (QED) is 0.629. The molecule has 0 saturated carbocycles. The lowest BCUT2D eigenvalue weighted by molar-refractivity contribution is 0.0992. The van der Waals surface area contributed by atoms with Crippen molar-refractivity contribution in [1.29, 1.82) is 0 Å². The summed E-state index contributed by atoms with van der Waals surface area (Å²) in [4.78, 5) is 24.0. The molecule has 1 heterocycles. The van der Waals surface area contributed by atoms with Gasteiger partial charge >= 0.3 is 0 Å². The van der Waals surface area contributed by atoms with Gasteiger partial charge < -0.3 is 15.8 Å². The third-order valence-corrected chi connectivity index (χ3v) is 4.50. The highest BCUT2D eigenvalue weighted by molar-refractivity contribution is 9.10. The van der Waals surface area contributed by atoms with Crippen molar-refractivity contribution in [3.05, 3.63) is 76.0 Å². The molecule has 0 aliphatic rings. The van der Waals surface area contributed by atoms with E-state index < -0.39 is 5.91 Å². The van der Waals surface area contributed by atoms with Crippen LogP contribution in [0.5, 0.6) is 5.75 Å². The number of nitrogens with one attached hydrogen (secondary N) is 1. The molecule has 0 aliphatic heterocycles. The minimum absolute atomic E-state index is 0.136. The van der Waals surface area contributed by atoms with Crippen LogP contribution in [0.3, 0.4) is 0 Å². The van der Waals surface area contributed by atoms with Crippen LogP contribution in [0.15, 0.2) is 59.2 Å². The van der Waals surface area contributed by atoms with Crippen LogP contribution in [-0.4, -0.2) is 21.6 Å². The Bertz CT molecular complexity index is 1000. The maximum absolute atomic E-state index is 12.5. The molecule has 27 heavy (non-hydrogen) atoms. The lowest BCUT2D eigenvalue weighted by atomic mass is 10.1. The molecule has 0 unspecified atom stereocenters. The Morgan fingerprint density at radius 3 is 2.74 bits per heavy atom. The number of aromatic nitrogens is 2. The summed E-state index contributed by atoms with van der Waals surface area (Å²) < 4.78 is 7.95. The Labute approximate surface area is 164 Å². The number of amides is 2. The summed E-state index contributed by atoms with van der Waals surface area (Å²) in [5, 5.41) is 6.62. The number of carbonyl (C=O) groups excluding carboxylic acids is 2. The summed E-state index contributed by atoms with van der Waals surface area (Å²) in [5.41, 5.74) is 7.00. The third-order valence-electron chi connectivity index (χ3n) is 3.84. The van der Waals surface area contributed by atoms with E-state index in [0.29, 0.717) is 17.9 Å². The second-order valence-corrected chi connectivity index (χ2v) is 6.62. The summed E-state index contributed by atoms with van der Waals surface area (Å²) in [7, 11) is 1.58. The molecule has 0 aliphatic carbocycles. The van der Waals surface area contributed by atoms with Crippen molar-refractivity contribution in [3.63, 3.8) is 0 Å². The van der Waals surface area contributed by atoms with Crippen molar-refractivity contribution in [2.45, 2.75) is 6.61 Å². The molecule has 138 valence electrons. The smallest absolute Gasteiger partial charge is 0.269 e. The number of carbonyl (C=O) groups is 2. The van der Waals surface area contributed by atoms with E-state index in [1.807, 2.05) is 30.3 Å². The van der Waals surface area contributed by atoms with Crippen LogP contribution in [0.1, 0.15) is 26.4 Å². The van der Waals surface area contributed by atoms with Gasteiger partial charge in [0, 0.05) is 12.6 Å². The minimum atomic E-state index is -0.666. The number of rotatable bonds is 6. The first kappa shape index (κ1) is 18.7. The molecule has 3 rings (SSSR count). The summed E-state index contributed by atoms with van der Waals surface area (Å²) in [6.07, 6.45) is 1.39. The molecule has 3 aromatic rings. The van der Waals surface area contributed by atoms with Crippen LogP contribution in [0.25, 0.3) is 0 Å². The van der Waals surface area contributed by atoms with Gasteiger partial charge in [0.25, 0.3) is 11.8 Å². The van der Waals surface area contributed by atoms with E-state index >= 15 is 0 Å². The Hall–Kier alpha value is -3.13. The summed E-state index contributed by atoms with van der Waals surface area (Å²) in [6.45, 7) is 0.309. The number of nitrogens with zero attached hydrogens (tertiary/aromatic N) is 2. The topological polar surface area (TPSA) is 99.2 Å². The van der Waals surface area contributed by atoms with Gasteiger partial charge in [-0.1, -0.05) is 24.3 Å². The second-order valence-electron chi connectivity index (χ2n) is 5.77. The van der Waals surface area contributed by atoms with Crippen molar-refractivity contribution in [2.75, 3.05) is 5.32 Å². The summed E-state index contributed by atoms with van der Waals surface area (Å²) in [5.74, 6) is -0.317. The van der Waals surface area contributed by atoms with Crippen molar-refractivity contribution in [3.8, 4) is 5.75 Å². The minimum Gasteiger partial charge on any atom is -0.488 e. The largest absolute Gasteiger partial charge is 0.488 e. The van der Waals surface area contributed by atoms with Gasteiger partial charge in [0.1, 0.15) is 18.1 Å². The average Bonchev–Trinajstić information content (AvgIpc) is 3.01. The van der Waals surface area contributed by atoms with Crippen LogP contribution in [-0.2, 0) is 13.7 Å². The zero-order valence-electron chi connectivity index (χ0n) is 14.5. The molecule has 0 saturated heterocycles. The molecule has 0 fully saturated rings. The number of hydrogen-bond acceptors (Lipinski definition) is 4. The summed E-state index contributed by atoms with van der Waals surface area (Å²) in [6, 6.07) is 14.6. The highest BCUT2D eigenvalue weighted by Crippen LogP contribution is 2.25. The Morgan fingerprint density at radius 2 is 2.00 bits per heavy atom. The van der Waals surface area contributed by atoms with Gasteiger partial charge in [0.2, 0.25) is 0 Å². The first-order valence-corrected chi connectivity index (χ1v) is 8.84. The van der Waals surface area contributed by atoms with Gasteiger partial charge in [0.05, 0.1) is 16.4 Å². The molecule has 0 atom stereocenters. The summed E-state index contributed by atoms with van der Waals surface area (Å²) >= 11 is 3.43. The van der Waals surface area contributed by atoms with Crippen LogP contribution < -0.4 is 15.8 Å². The molecule has 8 heteroatoms. The highest BCUT2D eigenvalue weighted by atomic mass is 79.9. The lowest BCUT2D eigenvalue weighted by Gasteiger charge is -2.10. The van der Waals surface area contributed by atoms with Crippen LogP contribution in [0.4, 0.5) is 5.69 Å². The fourth-order valence-corrected chi connectivity index (χ4v) is 2.94. The number of primary amides is 1. The zero-order valence-corrected chi connectivity index (χ0v) is 16.1. The van der Waals surface area contributed by atoms with Gasteiger partial charge in [-0.3, -0.25) is 14.3 Å². The molecule has 0 radical (unpaired) electrons. The zero-order chi connectivity index (χ0) is 19.4. The van der Waals surface area contributed by atoms with Crippen molar-refractivity contribution >= 4 is 33.4 Å². The number of hydrogen-bond donors (Lipinski definition) is 2. The van der Waals surface area contributed by atoms with Gasteiger partial charge in [-0.15, -0.1) is 0 Å². The predicted molar refractivity (Wildman–Crippen MR) is 105 cm³/mol. The van der Waals surface area contributed by atoms with E-state index in [1.54, 1.807) is 25.2 Å². The molecular weight excluding hydrogens is 412 g/mol. The van der Waals surface area contributed by atoms with Gasteiger partial charge in [-0.05, 0) is 45.8 Å². The second kappa shape index (κ2) is 8.05. The molecule has 2 aromatic carbocycles. The van der Waals surface area contributed by atoms with E-state index in [0.717, 1.165) is 10.0 Å². The fraction of sp³-hybridized carbons (Fsp3) is 0.105. The number of ether oxygens (including phenoxy) is 1. The van der Waals surface area contributed by atoms with Crippen LogP contribution >= 0.6 is 15.9 Å². The van der Waals surface area contributed by atoms with Gasteiger partial charge in [0.15, 0.2) is 0 Å². The van der Waals surface area contributed by atoms with E-state index in [-0.39, 0.29) is 17.3 Å². The number of aryl methyl sites for hydroxylation is 1. The van der Waals surface area contributed by atoms with Crippen molar-refractivity contribution in [1.82, 2.24) is 9.78 Å². The Kier molecular flexibility index (Phi) is 5.56. The SMILES string of the molecule is Cn1ncc(NC(=O)c2cccc(COc3ccccc3Br)c2)c1C(N)=O. The van der Waals surface area contributed by atoms with Crippen molar-refractivity contribution < 1.29 is 14.3 Å². The lowest BCUT2D eigenvalue weighted by Crippen LogP contribution is -2.20. The molecule has 7 nitrogen and oxygen atoms in total. The molecule has 3 N–H and O–H groups in total. The number of anilines is 1. The first-order chi connectivity index (χ1) is 13.0. The number of halogens is 1. The predicted octanol–water partition coefficient (Wildman–Crippen LogP) is 3.11. The van der Waals surface area contributed by atoms with E-state index in [4.69, 9.17) is 10.5 Å². The number of nitrogens with two attached hydrogens (primary N) is 1. The first-order valence-electron chi connectivity index (χ1n) is 8.05. The fourth-order valence-electron chi connectivity index (χ4n) is 2.54. The number of benzene rings is 2.